The van der Waals surface area contributed by atoms with Crippen LogP contribution in [-0.2, 0) is 17.7 Å². The average Bonchev–Trinajstić information content (AvgIpc) is 2.94. The number of hydrogen-bond donors (Lipinski definition) is 1. The molecule has 1 heterocycles. The van der Waals surface area contributed by atoms with Gasteiger partial charge in [0.15, 0.2) is 0 Å². The second-order valence-electron chi connectivity index (χ2n) is 5.64. The standard InChI is InChI=1S/C19H20N2O3/c1-2-14-8-10-15(11-9-14)18(22)24-13-5-12-21-17-7-4-3-6-16(17)20-19(21)23/h3-4,6-11H,2,5,12-13H2,1H3,(H,20,23). The van der Waals surface area contributed by atoms with E-state index in [2.05, 4.69) is 11.9 Å². The van der Waals surface area contributed by atoms with E-state index in [1.165, 1.54) is 5.56 Å². The molecule has 1 N–H and O–H groups in total. The second kappa shape index (κ2) is 7.17. The van der Waals surface area contributed by atoms with Gasteiger partial charge in [0, 0.05) is 6.54 Å². The maximum atomic E-state index is 12.0. The monoisotopic (exact) mass is 324 g/mol. The van der Waals surface area contributed by atoms with Gasteiger partial charge in [-0.25, -0.2) is 9.59 Å². The first-order valence-electron chi connectivity index (χ1n) is 8.12. The number of aromatic nitrogens is 2. The fourth-order valence-corrected chi connectivity index (χ4v) is 2.68. The average molecular weight is 324 g/mol. The van der Waals surface area contributed by atoms with E-state index < -0.39 is 0 Å². The van der Waals surface area contributed by atoms with Crippen molar-refractivity contribution in [1.82, 2.24) is 9.55 Å². The third kappa shape index (κ3) is 3.40. The van der Waals surface area contributed by atoms with Gasteiger partial charge in [0.05, 0.1) is 23.2 Å². The van der Waals surface area contributed by atoms with Gasteiger partial charge in [-0.3, -0.25) is 4.57 Å². The van der Waals surface area contributed by atoms with Gasteiger partial charge in [0.25, 0.3) is 0 Å². The Bertz CT molecular complexity index is 891. The molecule has 5 heteroatoms. The Hall–Kier alpha value is -2.82. The summed E-state index contributed by atoms with van der Waals surface area (Å²) in [5, 5.41) is 0. The quantitative estimate of drug-likeness (QED) is 0.559. The number of rotatable bonds is 6. The largest absolute Gasteiger partial charge is 0.462 e. The minimum atomic E-state index is -0.330. The van der Waals surface area contributed by atoms with Crippen LogP contribution in [-0.4, -0.2) is 22.1 Å². The van der Waals surface area contributed by atoms with Gasteiger partial charge in [0.2, 0.25) is 0 Å². The Morgan fingerprint density at radius 3 is 2.62 bits per heavy atom. The van der Waals surface area contributed by atoms with Crippen molar-refractivity contribution in [3.05, 3.63) is 70.1 Å². The summed E-state index contributed by atoms with van der Waals surface area (Å²) in [7, 11) is 0. The highest BCUT2D eigenvalue weighted by Crippen LogP contribution is 2.10. The topological polar surface area (TPSA) is 64.1 Å². The Kier molecular flexibility index (Phi) is 4.79. The predicted octanol–water partition coefficient (Wildman–Crippen LogP) is 3.14. The highest BCUT2D eigenvalue weighted by Gasteiger charge is 2.08. The number of fused-ring (bicyclic) bond motifs is 1. The fourth-order valence-electron chi connectivity index (χ4n) is 2.68. The lowest BCUT2D eigenvalue weighted by Crippen LogP contribution is -2.18. The maximum absolute atomic E-state index is 12.0. The molecule has 2 aromatic carbocycles. The molecule has 0 bridgehead atoms. The summed E-state index contributed by atoms with van der Waals surface area (Å²) in [5.74, 6) is -0.330. The number of H-pyrrole nitrogens is 1. The van der Waals surface area contributed by atoms with E-state index >= 15 is 0 Å². The number of para-hydroxylation sites is 2. The molecule has 0 spiro atoms. The van der Waals surface area contributed by atoms with Crippen molar-refractivity contribution in [2.75, 3.05) is 6.61 Å². The number of nitrogens with zero attached hydrogens (tertiary/aromatic N) is 1. The predicted molar refractivity (Wildman–Crippen MR) is 93.3 cm³/mol. The van der Waals surface area contributed by atoms with Crippen LogP contribution in [0.3, 0.4) is 0 Å². The molecule has 3 rings (SSSR count). The molecule has 0 unspecified atom stereocenters. The number of carbonyl (C=O) groups excluding carboxylic acids is 1. The van der Waals surface area contributed by atoms with Crippen LogP contribution in [0.4, 0.5) is 0 Å². The van der Waals surface area contributed by atoms with Crippen molar-refractivity contribution in [2.45, 2.75) is 26.3 Å². The molecule has 5 nitrogen and oxygen atoms in total. The highest BCUT2D eigenvalue weighted by molar-refractivity contribution is 5.89. The second-order valence-corrected chi connectivity index (χ2v) is 5.64. The molecular weight excluding hydrogens is 304 g/mol. The Morgan fingerprint density at radius 1 is 1.12 bits per heavy atom. The Labute approximate surface area is 139 Å². The van der Waals surface area contributed by atoms with Crippen molar-refractivity contribution in [3.63, 3.8) is 0 Å². The molecule has 0 aliphatic rings. The molecule has 124 valence electrons. The highest BCUT2D eigenvalue weighted by atomic mass is 16.5. The fraction of sp³-hybridized carbons (Fsp3) is 0.263. The van der Waals surface area contributed by atoms with E-state index in [9.17, 15) is 9.59 Å². The first-order valence-corrected chi connectivity index (χ1v) is 8.12. The summed E-state index contributed by atoms with van der Waals surface area (Å²) in [5.41, 5.74) is 3.28. The maximum Gasteiger partial charge on any atom is 0.338 e. The van der Waals surface area contributed by atoms with Gasteiger partial charge in [-0.1, -0.05) is 31.2 Å². The number of esters is 1. The van der Waals surface area contributed by atoms with E-state index in [0.29, 0.717) is 18.5 Å². The van der Waals surface area contributed by atoms with Gasteiger partial charge in [-0.05, 0) is 42.7 Å². The molecule has 0 radical (unpaired) electrons. The van der Waals surface area contributed by atoms with E-state index in [-0.39, 0.29) is 18.3 Å². The molecular formula is C19H20N2O3. The van der Waals surface area contributed by atoms with E-state index in [4.69, 9.17) is 4.74 Å². The lowest BCUT2D eigenvalue weighted by atomic mass is 10.1. The van der Waals surface area contributed by atoms with Crippen LogP contribution >= 0.6 is 0 Å². The Balaban J connectivity index is 1.55. The normalized spacial score (nSPS) is 10.9. The molecule has 1 aromatic heterocycles. The zero-order valence-corrected chi connectivity index (χ0v) is 13.6. The summed E-state index contributed by atoms with van der Waals surface area (Å²) >= 11 is 0. The lowest BCUT2D eigenvalue weighted by Gasteiger charge is -2.06. The lowest BCUT2D eigenvalue weighted by molar-refractivity contribution is 0.0496. The SMILES string of the molecule is CCc1ccc(C(=O)OCCCn2c(=O)[nH]c3ccccc32)cc1. The van der Waals surface area contributed by atoms with Gasteiger partial charge < -0.3 is 9.72 Å². The first kappa shape index (κ1) is 16.1. The van der Waals surface area contributed by atoms with Crippen LogP contribution in [0.5, 0.6) is 0 Å². The van der Waals surface area contributed by atoms with Crippen molar-refractivity contribution in [1.29, 1.82) is 0 Å². The van der Waals surface area contributed by atoms with Crippen LogP contribution in [0.25, 0.3) is 11.0 Å². The molecule has 24 heavy (non-hydrogen) atoms. The van der Waals surface area contributed by atoms with E-state index in [1.54, 1.807) is 16.7 Å². The van der Waals surface area contributed by atoms with Crippen molar-refractivity contribution in [2.24, 2.45) is 0 Å². The number of hydrogen-bond acceptors (Lipinski definition) is 3. The van der Waals surface area contributed by atoms with Gasteiger partial charge in [-0.2, -0.15) is 0 Å². The minimum absolute atomic E-state index is 0.141. The summed E-state index contributed by atoms with van der Waals surface area (Å²) in [4.78, 5) is 26.7. The Morgan fingerprint density at radius 2 is 1.88 bits per heavy atom. The zero-order valence-electron chi connectivity index (χ0n) is 13.6. The van der Waals surface area contributed by atoms with Crippen LogP contribution in [0.1, 0.15) is 29.3 Å². The van der Waals surface area contributed by atoms with Crippen LogP contribution in [0.15, 0.2) is 53.3 Å². The summed E-state index contributed by atoms with van der Waals surface area (Å²) in [6.07, 6.45) is 1.52. The number of carbonyl (C=O) groups is 1. The molecule has 0 saturated heterocycles. The number of nitrogens with one attached hydrogen (secondary N) is 1. The van der Waals surface area contributed by atoms with E-state index in [0.717, 1.165) is 17.5 Å². The molecule has 0 atom stereocenters. The summed E-state index contributed by atoms with van der Waals surface area (Å²) < 4.78 is 6.95. The molecule has 0 aliphatic heterocycles. The summed E-state index contributed by atoms with van der Waals surface area (Å²) in [6, 6.07) is 15.0. The smallest absolute Gasteiger partial charge is 0.338 e. The molecule has 0 saturated carbocycles. The third-order valence-electron chi connectivity index (χ3n) is 4.04. The zero-order chi connectivity index (χ0) is 16.9. The van der Waals surface area contributed by atoms with Gasteiger partial charge in [-0.15, -0.1) is 0 Å². The number of benzene rings is 2. The summed E-state index contributed by atoms with van der Waals surface area (Å²) in [6.45, 7) is 2.85. The van der Waals surface area contributed by atoms with Crippen molar-refractivity contribution in [3.8, 4) is 0 Å². The van der Waals surface area contributed by atoms with Crippen molar-refractivity contribution >= 4 is 17.0 Å². The van der Waals surface area contributed by atoms with E-state index in [1.807, 2.05) is 36.4 Å². The van der Waals surface area contributed by atoms with Gasteiger partial charge >= 0.3 is 11.7 Å². The van der Waals surface area contributed by atoms with Crippen LogP contribution < -0.4 is 5.69 Å². The van der Waals surface area contributed by atoms with Crippen LogP contribution in [0, 0.1) is 0 Å². The third-order valence-corrected chi connectivity index (χ3v) is 4.04. The molecule has 0 fully saturated rings. The van der Waals surface area contributed by atoms with Crippen LogP contribution in [0.2, 0.25) is 0 Å². The van der Waals surface area contributed by atoms with Crippen molar-refractivity contribution < 1.29 is 9.53 Å². The minimum Gasteiger partial charge on any atom is -0.462 e. The number of aromatic amines is 1. The van der Waals surface area contributed by atoms with Gasteiger partial charge in [0.1, 0.15) is 0 Å². The first-order chi connectivity index (χ1) is 11.7. The molecule has 0 aliphatic carbocycles. The molecule has 0 amide bonds. The number of aryl methyl sites for hydroxylation is 2. The number of imidazole rings is 1. The molecule has 3 aromatic rings. The number of ether oxygens (including phenoxy) is 1.